The Labute approximate surface area is 329 Å². The highest BCUT2D eigenvalue weighted by atomic mass is 31.2. The van der Waals surface area contributed by atoms with Crippen molar-refractivity contribution in [3.8, 4) is 0 Å². The van der Waals surface area contributed by atoms with E-state index in [0.29, 0.717) is 19.4 Å². The van der Waals surface area contributed by atoms with E-state index < -0.39 is 32.5 Å². The molecule has 0 aliphatic rings. The van der Waals surface area contributed by atoms with E-state index >= 15 is 0 Å². The van der Waals surface area contributed by atoms with E-state index in [4.69, 9.17) is 18.5 Å². The van der Waals surface area contributed by atoms with Crippen molar-refractivity contribution in [1.82, 2.24) is 5.32 Å². The molecule has 2 N–H and O–H groups in total. The lowest BCUT2D eigenvalue weighted by molar-refractivity contribution is -0.161. The molecule has 0 spiro atoms. The molecule has 0 saturated heterocycles. The highest BCUT2D eigenvalue weighted by molar-refractivity contribution is 7.47. The molecule has 0 aromatic rings. The van der Waals surface area contributed by atoms with Gasteiger partial charge in [0.2, 0.25) is 0 Å². The molecule has 0 saturated carbocycles. The molecule has 0 radical (unpaired) electrons. The number of allylic oxidation sites excluding steroid dienone is 12. The van der Waals surface area contributed by atoms with Crippen molar-refractivity contribution in [2.24, 2.45) is 0 Å². The lowest BCUT2D eigenvalue weighted by atomic mass is 10.0. The van der Waals surface area contributed by atoms with Crippen LogP contribution < -0.4 is 5.32 Å². The van der Waals surface area contributed by atoms with Crippen LogP contribution in [0, 0.1) is 0 Å². The van der Waals surface area contributed by atoms with Crippen LogP contribution in [0.3, 0.4) is 0 Å². The molecule has 2 unspecified atom stereocenters. The van der Waals surface area contributed by atoms with Crippen LogP contribution in [-0.2, 0) is 32.7 Å². The summed E-state index contributed by atoms with van der Waals surface area (Å²) < 4.78 is 33.0. The first-order valence-corrected chi connectivity index (χ1v) is 22.4. The zero-order valence-corrected chi connectivity index (χ0v) is 35.0. The lowest BCUT2D eigenvalue weighted by Crippen LogP contribution is -2.29. The summed E-state index contributed by atoms with van der Waals surface area (Å²) in [6.45, 7) is 4.01. The van der Waals surface area contributed by atoms with Crippen molar-refractivity contribution in [2.75, 3.05) is 33.4 Å². The number of unbranched alkanes of at least 4 members (excludes halogenated alkanes) is 12. The fourth-order valence-electron chi connectivity index (χ4n) is 5.22. The van der Waals surface area contributed by atoms with Gasteiger partial charge in [-0.25, -0.2) is 4.57 Å². The van der Waals surface area contributed by atoms with Crippen LogP contribution in [0.2, 0.25) is 0 Å². The Bertz CT molecular complexity index is 1110. The van der Waals surface area contributed by atoms with E-state index in [1.807, 2.05) is 12.2 Å². The molecule has 9 nitrogen and oxygen atoms in total. The molecule has 0 heterocycles. The van der Waals surface area contributed by atoms with Gasteiger partial charge < -0.3 is 19.7 Å². The third-order valence-corrected chi connectivity index (χ3v) is 9.34. The zero-order valence-electron chi connectivity index (χ0n) is 34.1. The first-order chi connectivity index (χ1) is 26.3. The summed E-state index contributed by atoms with van der Waals surface area (Å²) in [5.41, 5.74) is 0. The number of hydrogen-bond acceptors (Lipinski definition) is 8. The van der Waals surface area contributed by atoms with Gasteiger partial charge in [0.05, 0.1) is 13.2 Å². The van der Waals surface area contributed by atoms with Crippen molar-refractivity contribution < 1.29 is 37.6 Å². The molecule has 0 fully saturated rings. The normalized spacial score (nSPS) is 14.1. The number of ether oxygens (including phenoxy) is 2. The predicted molar refractivity (Wildman–Crippen MR) is 224 cm³/mol. The topological polar surface area (TPSA) is 120 Å². The Kier molecular flexibility index (Phi) is 38.2. The number of carbonyl (C=O) groups is 2. The van der Waals surface area contributed by atoms with Gasteiger partial charge in [-0.15, -0.1) is 0 Å². The third-order valence-electron chi connectivity index (χ3n) is 8.35. The maximum atomic E-state index is 12.6. The van der Waals surface area contributed by atoms with Crippen molar-refractivity contribution in [1.29, 1.82) is 0 Å². The number of hydrogen-bond donors (Lipinski definition) is 2. The van der Waals surface area contributed by atoms with Crippen molar-refractivity contribution in [3.63, 3.8) is 0 Å². The molecule has 0 rings (SSSR count). The molecule has 0 aliphatic carbocycles. The zero-order chi connectivity index (χ0) is 39.6. The van der Waals surface area contributed by atoms with E-state index in [-0.39, 0.29) is 26.1 Å². The van der Waals surface area contributed by atoms with E-state index in [2.05, 4.69) is 79.9 Å². The monoisotopic (exact) mass is 778 g/mol. The van der Waals surface area contributed by atoms with E-state index in [1.54, 1.807) is 7.05 Å². The molecule has 2 atom stereocenters. The smallest absolute Gasteiger partial charge is 0.462 e. The van der Waals surface area contributed by atoms with Crippen LogP contribution in [0.5, 0.6) is 0 Å². The molecule has 0 aromatic heterocycles. The number of nitrogens with one attached hydrogen (secondary N) is 1. The van der Waals surface area contributed by atoms with Gasteiger partial charge in [0.15, 0.2) is 6.10 Å². The Morgan fingerprint density at radius 1 is 0.593 bits per heavy atom. The average molecular weight is 778 g/mol. The second-order valence-electron chi connectivity index (χ2n) is 13.4. The van der Waals surface area contributed by atoms with E-state index in [1.165, 1.54) is 57.8 Å². The van der Waals surface area contributed by atoms with Crippen LogP contribution in [0.1, 0.15) is 155 Å². The molecular weight excluding hydrogens is 701 g/mol. The first kappa shape index (κ1) is 51.5. The maximum absolute atomic E-state index is 12.6. The van der Waals surface area contributed by atoms with Gasteiger partial charge in [0.1, 0.15) is 6.61 Å². The number of phosphoric ester groups is 1. The standard InChI is InChI=1S/C44H76NO8P/c1-4-6-8-10-12-14-16-18-19-20-21-22-23-25-26-28-30-32-34-36-43(46)50-40-42(41-52-54(48,49)51-39-38-45-3)53-44(47)37-35-33-31-29-27-24-17-15-13-11-9-7-5-2/h6,8,12,14,18-19,21-22,25-26,30,32,42,45H,4-5,7,9-11,13,15-17,20,23-24,27-29,31,33-41H2,1-3H3,(H,48,49)/b8-6-,14-12-,19-18-,22-21-,26-25-,32-30-. The number of carbonyl (C=O) groups excluding carboxylic acids is 2. The summed E-state index contributed by atoms with van der Waals surface area (Å²) in [6, 6.07) is 0. The average Bonchev–Trinajstić information content (AvgIpc) is 3.15. The van der Waals surface area contributed by atoms with Gasteiger partial charge in [-0.1, -0.05) is 164 Å². The van der Waals surface area contributed by atoms with E-state index in [0.717, 1.165) is 57.8 Å². The van der Waals surface area contributed by atoms with Gasteiger partial charge in [-0.05, 0) is 58.4 Å². The van der Waals surface area contributed by atoms with Crippen molar-refractivity contribution >= 4 is 19.8 Å². The van der Waals surface area contributed by atoms with Crippen LogP contribution in [0.4, 0.5) is 0 Å². The SMILES string of the molecule is CC/C=C\C/C=C\C/C=C\C/C=C\C/C=C\C/C=C\CCC(=O)OCC(COP(=O)(O)OCCNC)OC(=O)CCCCCCCCCCCCCCC. The fourth-order valence-corrected chi connectivity index (χ4v) is 5.98. The maximum Gasteiger partial charge on any atom is 0.472 e. The molecule has 54 heavy (non-hydrogen) atoms. The van der Waals surface area contributed by atoms with Crippen molar-refractivity contribution in [3.05, 3.63) is 72.9 Å². The summed E-state index contributed by atoms with van der Waals surface area (Å²) in [6.07, 6.45) is 46.7. The predicted octanol–water partition coefficient (Wildman–Crippen LogP) is 11.8. The minimum atomic E-state index is -4.36. The highest BCUT2D eigenvalue weighted by Crippen LogP contribution is 2.43. The third kappa shape index (κ3) is 39.2. The fraction of sp³-hybridized carbons (Fsp3) is 0.682. The number of likely N-dealkylation sites (N-methyl/N-ethyl adjacent to an activating group) is 1. The number of esters is 2. The van der Waals surface area contributed by atoms with Crippen LogP contribution in [0.15, 0.2) is 72.9 Å². The molecule has 0 aliphatic heterocycles. The van der Waals surface area contributed by atoms with Crippen LogP contribution in [-0.4, -0.2) is 56.3 Å². The van der Waals surface area contributed by atoms with Gasteiger partial charge >= 0.3 is 19.8 Å². The Balaban J connectivity index is 4.37. The highest BCUT2D eigenvalue weighted by Gasteiger charge is 2.26. The lowest BCUT2D eigenvalue weighted by Gasteiger charge is -2.20. The molecule has 0 aromatic carbocycles. The summed E-state index contributed by atoms with van der Waals surface area (Å²) in [5, 5.41) is 2.81. The summed E-state index contributed by atoms with van der Waals surface area (Å²) in [5.74, 6) is -0.908. The second kappa shape index (κ2) is 40.1. The molecule has 310 valence electrons. The van der Waals surface area contributed by atoms with Crippen LogP contribution in [0.25, 0.3) is 0 Å². The second-order valence-corrected chi connectivity index (χ2v) is 14.9. The quantitative estimate of drug-likeness (QED) is 0.0273. The molecule has 0 amide bonds. The van der Waals surface area contributed by atoms with Gasteiger partial charge in [-0.3, -0.25) is 18.6 Å². The minimum Gasteiger partial charge on any atom is -0.462 e. The Morgan fingerprint density at radius 2 is 1.06 bits per heavy atom. The molecule has 0 bridgehead atoms. The Morgan fingerprint density at radius 3 is 1.54 bits per heavy atom. The van der Waals surface area contributed by atoms with Gasteiger partial charge in [0.25, 0.3) is 0 Å². The molecule has 10 heteroatoms. The molecular formula is C44H76NO8P. The van der Waals surface area contributed by atoms with Crippen LogP contribution >= 0.6 is 7.82 Å². The number of rotatable bonds is 38. The summed E-state index contributed by atoms with van der Waals surface area (Å²) >= 11 is 0. The number of phosphoric acid groups is 1. The minimum absolute atomic E-state index is 0.0304. The van der Waals surface area contributed by atoms with Gasteiger partial charge in [0, 0.05) is 19.4 Å². The largest absolute Gasteiger partial charge is 0.472 e. The Hall–Kier alpha value is -2.55. The van der Waals surface area contributed by atoms with E-state index in [9.17, 15) is 19.0 Å². The van der Waals surface area contributed by atoms with Gasteiger partial charge in [-0.2, -0.15) is 0 Å². The first-order valence-electron chi connectivity index (χ1n) is 20.9. The summed E-state index contributed by atoms with van der Waals surface area (Å²) in [4.78, 5) is 35.0. The summed E-state index contributed by atoms with van der Waals surface area (Å²) in [7, 11) is -2.67. The van der Waals surface area contributed by atoms with Crippen molar-refractivity contribution in [2.45, 2.75) is 161 Å².